The number of amides is 1. The summed E-state index contributed by atoms with van der Waals surface area (Å²) in [6, 6.07) is -0.986. The Morgan fingerprint density at radius 2 is 0.717 bits per heavy atom. The molecule has 1 amide bonds. The van der Waals surface area contributed by atoms with Gasteiger partial charge in [0.1, 0.15) is 12.2 Å². The van der Waals surface area contributed by atoms with Gasteiger partial charge in [0.15, 0.2) is 0 Å². The van der Waals surface area contributed by atoms with Gasteiger partial charge in [0.25, 0.3) is 0 Å². The van der Waals surface area contributed by atoms with Crippen LogP contribution in [0.5, 0.6) is 0 Å². The lowest BCUT2D eigenvalue weighted by Crippen LogP contribution is -2.53. The summed E-state index contributed by atoms with van der Waals surface area (Å²) in [6.07, 6.45) is 58.0. The van der Waals surface area contributed by atoms with Crippen LogP contribution in [0.25, 0.3) is 0 Å². The predicted octanol–water partition coefficient (Wildman–Crippen LogP) is 15.1. The van der Waals surface area contributed by atoms with Crippen LogP contribution in [0.15, 0.2) is 24.3 Å². The van der Waals surface area contributed by atoms with Gasteiger partial charge in [0, 0.05) is 0 Å². The van der Waals surface area contributed by atoms with Crippen molar-refractivity contribution in [2.45, 2.75) is 308 Å². The zero-order valence-electron chi connectivity index (χ0n) is 40.2. The largest absolute Gasteiger partial charge is 0.394 e. The minimum Gasteiger partial charge on any atom is -0.394 e. The number of nitrogens with one attached hydrogen (secondary N) is 1. The van der Waals surface area contributed by atoms with Crippen molar-refractivity contribution in [1.29, 1.82) is 0 Å². The maximum Gasteiger partial charge on any atom is 0.249 e. The van der Waals surface area contributed by atoms with E-state index in [1.165, 1.54) is 212 Å². The van der Waals surface area contributed by atoms with Gasteiger partial charge < -0.3 is 25.7 Å². The molecule has 6 heteroatoms. The molecule has 4 unspecified atom stereocenters. The Morgan fingerprint density at radius 3 is 1.05 bits per heavy atom. The molecule has 60 heavy (non-hydrogen) atoms. The Kier molecular flexibility index (Phi) is 47.8. The van der Waals surface area contributed by atoms with Crippen molar-refractivity contribution in [3.05, 3.63) is 24.3 Å². The monoisotopic (exact) mass is 848 g/mol. The molecule has 0 rings (SSSR count). The van der Waals surface area contributed by atoms with E-state index in [0.29, 0.717) is 12.8 Å². The quantitative estimate of drug-likeness (QED) is 0.0309. The van der Waals surface area contributed by atoms with Crippen molar-refractivity contribution in [1.82, 2.24) is 5.32 Å². The molecule has 0 fully saturated rings. The van der Waals surface area contributed by atoms with Crippen molar-refractivity contribution in [2.75, 3.05) is 6.61 Å². The second-order valence-electron chi connectivity index (χ2n) is 18.6. The zero-order valence-corrected chi connectivity index (χ0v) is 40.2. The fourth-order valence-electron chi connectivity index (χ4n) is 8.44. The average molecular weight is 848 g/mol. The predicted molar refractivity (Wildman–Crippen MR) is 261 cm³/mol. The summed E-state index contributed by atoms with van der Waals surface area (Å²) >= 11 is 0. The topological polar surface area (TPSA) is 110 Å². The number of aliphatic hydroxyl groups excluding tert-OH is 4. The third kappa shape index (κ3) is 42.1. The first kappa shape index (κ1) is 58.8. The van der Waals surface area contributed by atoms with Gasteiger partial charge in [-0.2, -0.15) is 0 Å². The molecular formula is C54H105NO5. The van der Waals surface area contributed by atoms with E-state index in [1.54, 1.807) is 0 Å². The van der Waals surface area contributed by atoms with Gasteiger partial charge >= 0.3 is 0 Å². The third-order valence-corrected chi connectivity index (χ3v) is 12.7. The highest BCUT2D eigenvalue weighted by Gasteiger charge is 2.28. The van der Waals surface area contributed by atoms with Crippen LogP contribution in [0.2, 0.25) is 0 Å². The summed E-state index contributed by atoms with van der Waals surface area (Å²) in [5, 5.41) is 43.9. The van der Waals surface area contributed by atoms with Crippen LogP contribution in [0.1, 0.15) is 284 Å². The highest BCUT2D eigenvalue weighted by Crippen LogP contribution is 2.17. The minimum atomic E-state index is -1.26. The van der Waals surface area contributed by atoms with Crippen LogP contribution >= 0.6 is 0 Å². The standard InChI is InChI=1S/C54H105NO5/c1-3-5-7-9-11-13-15-17-19-21-23-24-25-26-27-28-29-30-32-34-36-38-40-42-44-46-48-52(58)54(60)55-50(49-56)53(59)51(57)47-45-43-41-39-37-35-33-31-22-20-18-16-14-12-10-8-6-4-2/h23-24,26-27,50-53,56-59H,3-22,25,28-49H2,1-2H3,(H,55,60)/b24-23-,27-26-. The van der Waals surface area contributed by atoms with Crippen molar-refractivity contribution in [3.63, 3.8) is 0 Å². The molecule has 5 N–H and O–H groups in total. The molecule has 0 saturated carbocycles. The van der Waals surface area contributed by atoms with E-state index < -0.39 is 36.9 Å². The molecule has 0 aromatic heterocycles. The molecule has 0 aromatic carbocycles. The summed E-state index contributed by atoms with van der Waals surface area (Å²) < 4.78 is 0. The number of carbonyl (C=O) groups excluding carboxylic acids is 1. The number of rotatable bonds is 49. The number of carbonyl (C=O) groups is 1. The van der Waals surface area contributed by atoms with Crippen molar-refractivity contribution in [2.24, 2.45) is 0 Å². The number of hydrogen-bond donors (Lipinski definition) is 5. The average Bonchev–Trinajstić information content (AvgIpc) is 3.25. The molecule has 0 radical (unpaired) electrons. The number of aliphatic hydroxyl groups is 4. The molecule has 0 aliphatic heterocycles. The summed E-state index contributed by atoms with van der Waals surface area (Å²) in [5.74, 6) is -0.583. The molecular weight excluding hydrogens is 743 g/mol. The molecule has 0 bridgehead atoms. The van der Waals surface area contributed by atoms with E-state index in [4.69, 9.17) is 0 Å². The van der Waals surface area contributed by atoms with E-state index in [-0.39, 0.29) is 0 Å². The Hall–Kier alpha value is -1.21. The number of hydrogen-bond acceptors (Lipinski definition) is 5. The van der Waals surface area contributed by atoms with Gasteiger partial charge in [-0.05, 0) is 44.9 Å². The molecule has 0 spiro atoms. The molecule has 6 nitrogen and oxygen atoms in total. The summed E-state index contributed by atoms with van der Waals surface area (Å²) in [5.41, 5.74) is 0. The van der Waals surface area contributed by atoms with Crippen molar-refractivity contribution < 1.29 is 25.2 Å². The second kappa shape index (κ2) is 48.8. The van der Waals surface area contributed by atoms with E-state index >= 15 is 0 Å². The summed E-state index contributed by atoms with van der Waals surface area (Å²) in [6.45, 7) is 4.08. The first-order valence-electron chi connectivity index (χ1n) is 26.7. The van der Waals surface area contributed by atoms with Crippen LogP contribution < -0.4 is 5.32 Å². The summed E-state index contributed by atoms with van der Waals surface area (Å²) in [7, 11) is 0. The molecule has 0 aromatic rings. The zero-order chi connectivity index (χ0) is 43.8. The van der Waals surface area contributed by atoms with Gasteiger partial charge in [-0.15, -0.1) is 0 Å². The Bertz CT molecular complexity index is 909. The van der Waals surface area contributed by atoms with E-state index in [9.17, 15) is 25.2 Å². The van der Waals surface area contributed by atoms with Crippen molar-refractivity contribution >= 4 is 5.91 Å². The normalized spacial score (nSPS) is 14.0. The van der Waals surface area contributed by atoms with Crippen LogP contribution in [-0.4, -0.2) is 57.3 Å². The molecule has 4 atom stereocenters. The SMILES string of the molecule is CCCCCCCCCCC/C=C\C/C=C\CCCCCCCCCCCCC(O)C(=O)NC(CO)C(O)C(O)CCCCCCCCCCCCCCCCCCCC. The van der Waals surface area contributed by atoms with E-state index in [1.807, 2.05) is 0 Å². The minimum absolute atomic E-state index is 0.367. The van der Waals surface area contributed by atoms with Gasteiger partial charge in [-0.3, -0.25) is 4.79 Å². The Morgan fingerprint density at radius 1 is 0.417 bits per heavy atom. The maximum atomic E-state index is 12.6. The molecule has 0 saturated heterocycles. The third-order valence-electron chi connectivity index (χ3n) is 12.7. The van der Waals surface area contributed by atoms with Crippen LogP contribution in [0, 0.1) is 0 Å². The molecule has 356 valence electrons. The lowest BCUT2D eigenvalue weighted by atomic mass is 9.99. The Labute approximate surface area is 374 Å². The highest BCUT2D eigenvalue weighted by molar-refractivity contribution is 5.80. The fourth-order valence-corrected chi connectivity index (χ4v) is 8.44. The van der Waals surface area contributed by atoms with Crippen LogP contribution in [0.4, 0.5) is 0 Å². The van der Waals surface area contributed by atoms with Crippen LogP contribution in [0.3, 0.4) is 0 Å². The van der Waals surface area contributed by atoms with Gasteiger partial charge in [0.2, 0.25) is 5.91 Å². The number of allylic oxidation sites excluding steroid dienone is 4. The van der Waals surface area contributed by atoms with Gasteiger partial charge in [-0.25, -0.2) is 0 Å². The number of unbranched alkanes of at least 4 members (excludes halogenated alkanes) is 36. The summed E-state index contributed by atoms with van der Waals surface area (Å²) in [4.78, 5) is 12.6. The van der Waals surface area contributed by atoms with Crippen molar-refractivity contribution in [3.8, 4) is 0 Å². The molecule has 0 aliphatic carbocycles. The van der Waals surface area contributed by atoms with Gasteiger partial charge in [-0.1, -0.05) is 263 Å². The van der Waals surface area contributed by atoms with E-state index in [0.717, 1.165) is 44.9 Å². The molecule has 0 aliphatic rings. The maximum absolute atomic E-state index is 12.6. The highest BCUT2D eigenvalue weighted by atomic mass is 16.3. The first-order chi connectivity index (χ1) is 29.5. The van der Waals surface area contributed by atoms with Crippen LogP contribution in [-0.2, 0) is 4.79 Å². The fraction of sp³-hybridized carbons (Fsp3) is 0.907. The lowest BCUT2D eigenvalue weighted by molar-refractivity contribution is -0.132. The van der Waals surface area contributed by atoms with E-state index in [2.05, 4.69) is 43.5 Å². The smallest absolute Gasteiger partial charge is 0.249 e. The first-order valence-corrected chi connectivity index (χ1v) is 26.7. The van der Waals surface area contributed by atoms with Gasteiger partial charge in [0.05, 0.1) is 18.8 Å². The molecule has 0 heterocycles. The second-order valence-corrected chi connectivity index (χ2v) is 18.6. The Balaban J connectivity index is 3.65. The lowest BCUT2D eigenvalue weighted by Gasteiger charge is -2.27.